The molecule has 2 aromatic rings. The SMILES string of the molecule is Cc1ccc(COc2c(Cl)cc(Cl)cc2C2C3=C(CCCC3=O)N(CC(=O)O)C3=C2C(=O)CCC3)cc1. The highest BCUT2D eigenvalue weighted by atomic mass is 35.5. The maximum atomic E-state index is 13.4. The molecule has 0 aromatic heterocycles. The molecule has 6 nitrogen and oxygen atoms in total. The first-order valence-electron chi connectivity index (χ1n) is 12.4. The molecule has 1 heterocycles. The van der Waals surface area contributed by atoms with Crippen LogP contribution in [0.25, 0.3) is 0 Å². The van der Waals surface area contributed by atoms with Crippen LogP contribution in [0.1, 0.15) is 61.1 Å². The Balaban J connectivity index is 1.68. The number of hydrogen-bond acceptors (Lipinski definition) is 5. The van der Waals surface area contributed by atoms with Crippen LogP contribution < -0.4 is 4.74 Å². The molecule has 3 aliphatic rings. The van der Waals surface area contributed by atoms with Crippen molar-refractivity contribution >= 4 is 40.7 Å². The summed E-state index contributed by atoms with van der Waals surface area (Å²) in [5, 5.41) is 10.3. The van der Waals surface area contributed by atoms with Crippen LogP contribution in [0.3, 0.4) is 0 Å². The summed E-state index contributed by atoms with van der Waals surface area (Å²) in [6, 6.07) is 11.2. The zero-order valence-electron chi connectivity index (χ0n) is 20.5. The molecular weight excluding hydrogens is 513 g/mol. The molecule has 0 amide bonds. The molecule has 2 aromatic carbocycles. The third kappa shape index (κ3) is 4.92. The number of Topliss-reactive ketones (excluding diaryl/α,β-unsaturated/α-hetero) is 2. The van der Waals surface area contributed by atoms with Crippen molar-refractivity contribution in [2.75, 3.05) is 6.54 Å². The lowest BCUT2D eigenvalue weighted by atomic mass is 9.70. The number of benzene rings is 2. The van der Waals surface area contributed by atoms with Gasteiger partial charge in [0, 0.05) is 51.9 Å². The number of rotatable bonds is 6. The topological polar surface area (TPSA) is 83.9 Å². The number of carbonyl (C=O) groups is 3. The van der Waals surface area contributed by atoms with Gasteiger partial charge < -0.3 is 14.7 Å². The first-order chi connectivity index (χ1) is 17.7. The number of aliphatic carboxylic acids is 1. The van der Waals surface area contributed by atoms with E-state index in [1.807, 2.05) is 31.2 Å². The predicted octanol–water partition coefficient (Wildman–Crippen LogP) is 6.38. The summed E-state index contributed by atoms with van der Waals surface area (Å²) in [7, 11) is 0. The molecule has 5 rings (SSSR count). The first-order valence-corrected chi connectivity index (χ1v) is 13.2. The Labute approximate surface area is 225 Å². The number of aryl methyl sites for hydroxylation is 1. The van der Waals surface area contributed by atoms with Crippen LogP contribution in [0.15, 0.2) is 58.9 Å². The van der Waals surface area contributed by atoms with E-state index in [1.165, 1.54) is 0 Å². The minimum Gasteiger partial charge on any atom is -0.487 e. The second-order valence-electron chi connectivity index (χ2n) is 9.77. The monoisotopic (exact) mass is 539 g/mol. The lowest BCUT2D eigenvalue weighted by molar-refractivity contribution is -0.138. The number of ether oxygens (including phenoxy) is 1. The van der Waals surface area contributed by atoms with E-state index in [4.69, 9.17) is 27.9 Å². The van der Waals surface area contributed by atoms with Crippen LogP contribution in [0.2, 0.25) is 10.0 Å². The molecule has 0 bridgehead atoms. The third-order valence-corrected chi connectivity index (χ3v) is 7.73. The fourth-order valence-corrected chi connectivity index (χ4v) is 6.20. The van der Waals surface area contributed by atoms with Gasteiger partial charge in [-0.1, -0.05) is 53.0 Å². The van der Waals surface area contributed by atoms with Gasteiger partial charge in [-0.3, -0.25) is 14.4 Å². The molecule has 8 heteroatoms. The molecule has 1 N–H and O–H groups in total. The van der Waals surface area contributed by atoms with Crippen LogP contribution in [-0.4, -0.2) is 34.1 Å². The number of carboxylic acid groups (broad SMARTS) is 1. The van der Waals surface area contributed by atoms with Crippen molar-refractivity contribution in [2.45, 2.75) is 58.0 Å². The summed E-state index contributed by atoms with van der Waals surface area (Å²) in [5.41, 5.74) is 4.91. The highest BCUT2D eigenvalue weighted by Crippen LogP contribution is 2.52. The van der Waals surface area contributed by atoms with Crippen molar-refractivity contribution in [3.8, 4) is 5.75 Å². The van der Waals surface area contributed by atoms with E-state index in [-0.39, 0.29) is 24.7 Å². The van der Waals surface area contributed by atoms with E-state index in [9.17, 15) is 19.5 Å². The Hall–Kier alpha value is -3.09. The van der Waals surface area contributed by atoms with E-state index < -0.39 is 11.9 Å². The van der Waals surface area contributed by atoms with Gasteiger partial charge in [-0.05, 0) is 50.3 Å². The van der Waals surface area contributed by atoms with Crippen molar-refractivity contribution in [3.63, 3.8) is 0 Å². The molecule has 192 valence electrons. The highest BCUT2D eigenvalue weighted by molar-refractivity contribution is 6.35. The Bertz CT molecular complexity index is 1320. The van der Waals surface area contributed by atoms with Crippen molar-refractivity contribution < 1.29 is 24.2 Å². The van der Waals surface area contributed by atoms with Gasteiger partial charge in [-0.15, -0.1) is 0 Å². The van der Waals surface area contributed by atoms with Crippen molar-refractivity contribution in [2.24, 2.45) is 0 Å². The molecule has 0 saturated carbocycles. The zero-order valence-corrected chi connectivity index (χ0v) is 22.0. The number of allylic oxidation sites excluding steroid dienone is 4. The minimum atomic E-state index is -1.01. The third-order valence-electron chi connectivity index (χ3n) is 7.23. The molecule has 0 saturated heterocycles. The van der Waals surface area contributed by atoms with E-state index in [2.05, 4.69) is 0 Å². The summed E-state index contributed by atoms with van der Waals surface area (Å²) in [4.78, 5) is 40.4. The van der Waals surface area contributed by atoms with E-state index >= 15 is 0 Å². The zero-order chi connectivity index (χ0) is 26.3. The van der Waals surface area contributed by atoms with Crippen LogP contribution in [0, 0.1) is 6.92 Å². The largest absolute Gasteiger partial charge is 0.487 e. The predicted molar refractivity (Wildman–Crippen MR) is 141 cm³/mol. The Morgan fingerprint density at radius 2 is 1.57 bits per heavy atom. The van der Waals surface area contributed by atoms with Crippen molar-refractivity contribution in [1.29, 1.82) is 0 Å². The smallest absolute Gasteiger partial charge is 0.323 e. The normalized spacial score (nSPS) is 18.2. The summed E-state index contributed by atoms with van der Waals surface area (Å²) in [6.45, 7) is 1.96. The Kier molecular flexibility index (Phi) is 7.15. The van der Waals surface area contributed by atoms with E-state index in [1.54, 1.807) is 17.0 Å². The van der Waals surface area contributed by atoms with Gasteiger partial charge in [-0.2, -0.15) is 0 Å². The van der Waals surface area contributed by atoms with Gasteiger partial charge in [0.15, 0.2) is 11.6 Å². The van der Waals surface area contributed by atoms with Gasteiger partial charge in [0.05, 0.1) is 5.02 Å². The molecule has 0 atom stereocenters. The fourth-order valence-electron chi connectivity index (χ4n) is 5.64. The lowest BCUT2D eigenvalue weighted by Crippen LogP contribution is -2.41. The molecular formula is C29H27Cl2NO5. The average Bonchev–Trinajstić information content (AvgIpc) is 2.85. The molecule has 0 radical (unpaired) electrons. The standard InChI is InChI=1S/C29H27Cl2NO5/c1-16-8-10-17(11-9-16)15-37-29-19(12-18(30)13-20(29)31)26-27-21(4-2-6-23(27)33)32(14-25(35)36)22-5-3-7-24(34)28(22)26/h8-13,26H,2-7,14-15H2,1H3,(H,35,36). The molecule has 0 fully saturated rings. The highest BCUT2D eigenvalue weighted by Gasteiger charge is 2.45. The van der Waals surface area contributed by atoms with Crippen LogP contribution in [0.4, 0.5) is 0 Å². The summed E-state index contributed by atoms with van der Waals surface area (Å²) >= 11 is 13.1. The van der Waals surface area contributed by atoms with Crippen LogP contribution in [-0.2, 0) is 21.0 Å². The Morgan fingerprint density at radius 1 is 0.973 bits per heavy atom. The van der Waals surface area contributed by atoms with Gasteiger partial charge in [0.2, 0.25) is 0 Å². The van der Waals surface area contributed by atoms with E-state index in [0.29, 0.717) is 82.4 Å². The number of halogens is 2. The molecule has 0 spiro atoms. The van der Waals surface area contributed by atoms with Crippen LogP contribution in [0.5, 0.6) is 5.75 Å². The maximum Gasteiger partial charge on any atom is 0.323 e. The van der Waals surface area contributed by atoms with Gasteiger partial charge in [0.25, 0.3) is 0 Å². The number of carboxylic acids is 1. The number of nitrogens with zero attached hydrogens (tertiary/aromatic N) is 1. The van der Waals surface area contributed by atoms with Gasteiger partial charge in [0.1, 0.15) is 18.9 Å². The molecule has 1 aliphatic heterocycles. The van der Waals surface area contributed by atoms with Gasteiger partial charge in [-0.25, -0.2) is 0 Å². The first kappa shape index (κ1) is 25.6. The summed E-state index contributed by atoms with van der Waals surface area (Å²) < 4.78 is 6.26. The fraction of sp³-hybridized carbons (Fsp3) is 0.345. The quantitative estimate of drug-likeness (QED) is 0.458. The van der Waals surface area contributed by atoms with Crippen LogP contribution >= 0.6 is 23.2 Å². The average molecular weight is 540 g/mol. The summed E-state index contributed by atoms with van der Waals surface area (Å²) in [5.74, 6) is -1.53. The maximum absolute atomic E-state index is 13.4. The number of carbonyl (C=O) groups excluding carboxylic acids is 2. The molecule has 37 heavy (non-hydrogen) atoms. The molecule has 0 unspecified atom stereocenters. The molecule has 2 aliphatic carbocycles. The number of hydrogen-bond donors (Lipinski definition) is 1. The minimum absolute atomic E-state index is 0.0906. The second-order valence-corrected chi connectivity index (χ2v) is 10.6. The Morgan fingerprint density at radius 3 is 2.14 bits per heavy atom. The lowest BCUT2D eigenvalue weighted by Gasteiger charge is -2.43. The van der Waals surface area contributed by atoms with Crippen molar-refractivity contribution in [3.05, 3.63) is 85.7 Å². The van der Waals surface area contributed by atoms with Crippen molar-refractivity contribution in [1.82, 2.24) is 4.90 Å². The number of ketones is 2. The van der Waals surface area contributed by atoms with Gasteiger partial charge >= 0.3 is 5.97 Å². The second kappa shape index (κ2) is 10.3. The summed E-state index contributed by atoms with van der Waals surface area (Å²) in [6.07, 6.45) is 3.05. The van der Waals surface area contributed by atoms with E-state index in [0.717, 1.165) is 11.1 Å².